The zero-order valence-electron chi connectivity index (χ0n) is 17.3. The molecule has 0 aliphatic heterocycles. The molecule has 3 rings (SSSR count). The Kier molecular flexibility index (Phi) is 7.67. The fourth-order valence-corrected chi connectivity index (χ4v) is 3.21. The van der Waals surface area contributed by atoms with Crippen molar-refractivity contribution in [2.45, 2.75) is 13.5 Å². The van der Waals surface area contributed by atoms with Gasteiger partial charge in [-0.1, -0.05) is 35.3 Å². The Hall–Kier alpha value is -3.86. The Labute approximate surface area is 200 Å². The van der Waals surface area contributed by atoms with Crippen LogP contribution in [-0.4, -0.2) is 10.8 Å². The fourth-order valence-electron chi connectivity index (χ4n) is 2.78. The molecule has 0 aromatic heterocycles. The first-order chi connectivity index (χ1) is 15.8. The molecule has 3 aromatic rings. The minimum absolute atomic E-state index is 0.00395. The summed E-state index contributed by atoms with van der Waals surface area (Å²) >= 11 is 12.4. The molecule has 0 saturated heterocycles. The van der Waals surface area contributed by atoms with Crippen molar-refractivity contribution in [2.75, 3.05) is 5.32 Å². The molecule has 0 unspecified atom stereocenters. The molecule has 0 radical (unpaired) electrons. The van der Waals surface area contributed by atoms with Gasteiger partial charge >= 0.3 is 0 Å². The molecule has 0 atom stereocenters. The number of aryl methyl sites for hydroxylation is 1. The van der Waals surface area contributed by atoms with Crippen LogP contribution in [0.5, 0.6) is 5.75 Å². The van der Waals surface area contributed by atoms with Crippen molar-refractivity contribution in [1.29, 1.82) is 5.26 Å². The van der Waals surface area contributed by atoms with Crippen molar-refractivity contribution in [1.82, 2.24) is 0 Å². The van der Waals surface area contributed by atoms with Gasteiger partial charge in [0.05, 0.1) is 9.95 Å². The van der Waals surface area contributed by atoms with E-state index >= 15 is 0 Å². The van der Waals surface area contributed by atoms with E-state index in [1.54, 1.807) is 48.5 Å². The number of carbonyl (C=O) groups is 1. The molecule has 33 heavy (non-hydrogen) atoms. The number of nitro groups is 1. The monoisotopic (exact) mass is 481 g/mol. The summed E-state index contributed by atoms with van der Waals surface area (Å²) < 4.78 is 5.68. The third kappa shape index (κ3) is 6.32. The number of ether oxygens (including phenoxy) is 1. The van der Waals surface area contributed by atoms with Crippen molar-refractivity contribution in [3.05, 3.63) is 103 Å². The predicted octanol–water partition coefficient (Wildman–Crippen LogP) is 6.33. The summed E-state index contributed by atoms with van der Waals surface area (Å²) in [5.41, 5.74) is 2.51. The van der Waals surface area contributed by atoms with E-state index in [-0.39, 0.29) is 22.9 Å². The first-order valence-corrected chi connectivity index (χ1v) is 10.4. The molecule has 0 spiro atoms. The highest BCUT2D eigenvalue weighted by Crippen LogP contribution is 2.28. The molecular formula is C24H17Cl2N3O4. The van der Waals surface area contributed by atoms with Gasteiger partial charge in [0.1, 0.15) is 24.0 Å². The van der Waals surface area contributed by atoms with Crippen LogP contribution < -0.4 is 10.1 Å². The zero-order chi connectivity index (χ0) is 24.0. The quantitative estimate of drug-likeness (QED) is 0.183. The van der Waals surface area contributed by atoms with Gasteiger partial charge in [0, 0.05) is 22.8 Å². The highest BCUT2D eigenvalue weighted by Gasteiger charge is 2.12. The van der Waals surface area contributed by atoms with E-state index in [1.807, 2.05) is 13.0 Å². The van der Waals surface area contributed by atoms with Gasteiger partial charge in [0.2, 0.25) is 0 Å². The number of anilines is 1. The molecule has 0 fully saturated rings. The van der Waals surface area contributed by atoms with E-state index in [1.165, 1.54) is 18.2 Å². The second-order valence-electron chi connectivity index (χ2n) is 6.99. The largest absolute Gasteiger partial charge is 0.487 e. The number of nitriles is 1. The normalized spacial score (nSPS) is 10.9. The Bertz CT molecular complexity index is 1280. The molecule has 1 N–H and O–H groups in total. The number of non-ortho nitro benzene ring substituents is 1. The third-order valence-electron chi connectivity index (χ3n) is 4.60. The Morgan fingerprint density at radius 2 is 1.85 bits per heavy atom. The second kappa shape index (κ2) is 10.6. The molecule has 1 amide bonds. The molecule has 0 aliphatic carbocycles. The fraction of sp³-hybridized carbons (Fsp3) is 0.0833. The van der Waals surface area contributed by atoms with Gasteiger partial charge < -0.3 is 10.1 Å². The van der Waals surface area contributed by atoms with Crippen LogP contribution in [-0.2, 0) is 11.4 Å². The number of hydrogen-bond acceptors (Lipinski definition) is 5. The maximum atomic E-state index is 12.5. The number of carbonyl (C=O) groups excluding carboxylic acids is 1. The summed E-state index contributed by atoms with van der Waals surface area (Å²) in [6, 6.07) is 17.8. The number of nitrogens with zero attached hydrogens (tertiary/aromatic N) is 2. The minimum Gasteiger partial charge on any atom is -0.487 e. The summed E-state index contributed by atoms with van der Waals surface area (Å²) in [5, 5.41) is 23.6. The number of nitro benzene ring substituents is 1. The predicted molar refractivity (Wildman–Crippen MR) is 127 cm³/mol. The van der Waals surface area contributed by atoms with Gasteiger partial charge in [0.15, 0.2) is 0 Å². The zero-order valence-corrected chi connectivity index (χ0v) is 18.9. The van der Waals surface area contributed by atoms with Crippen molar-refractivity contribution in [2.24, 2.45) is 0 Å². The van der Waals surface area contributed by atoms with Gasteiger partial charge in [-0.15, -0.1) is 0 Å². The van der Waals surface area contributed by atoms with Crippen LogP contribution >= 0.6 is 23.2 Å². The lowest BCUT2D eigenvalue weighted by Gasteiger charge is -2.09. The SMILES string of the molecule is Cc1ccc(NC(=O)/C(C#N)=C/c2ccc(OCc3ccc([N+](=O)[O-])cc3)c(Cl)c2)cc1Cl. The third-order valence-corrected chi connectivity index (χ3v) is 5.31. The van der Waals surface area contributed by atoms with Crippen LogP contribution in [0.3, 0.4) is 0 Å². The maximum Gasteiger partial charge on any atom is 0.269 e. The molecule has 0 bridgehead atoms. The van der Waals surface area contributed by atoms with Crippen LogP contribution in [0, 0.1) is 28.4 Å². The van der Waals surface area contributed by atoms with Gasteiger partial charge in [-0.2, -0.15) is 5.26 Å². The first-order valence-electron chi connectivity index (χ1n) is 9.62. The van der Waals surface area contributed by atoms with Crippen molar-refractivity contribution < 1.29 is 14.5 Å². The Morgan fingerprint density at radius 3 is 2.45 bits per heavy atom. The summed E-state index contributed by atoms with van der Waals surface area (Å²) in [4.78, 5) is 22.7. The lowest BCUT2D eigenvalue weighted by atomic mass is 10.1. The van der Waals surface area contributed by atoms with Crippen molar-refractivity contribution >= 4 is 46.6 Å². The number of benzene rings is 3. The van der Waals surface area contributed by atoms with Crippen molar-refractivity contribution in [3.8, 4) is 11.8 Å². The number of halogens is 2. The van der Waals surface area contributed by atoms with Crippen LogP contribution in [0.1, 0.15) is 16.7 Å². The Morgan fingerprint density at radius 1 is 1.12 bits per heavy atom. The molecular weight excluding hydrogens is 465 g/mol. The molecule has 9 heteroatoms. The Balaban J connectivity index is 1.69. The molecule has 0 heterocycles. The summed E-state index contributed by atoms with van der Waals surface area (Å²) in [7, 11) is 0. The standard InChI is InChI=1S/C24H17Cl2N3O4/c1-15-2-6-19(12-21(15)25)28-24(30)18(13-27)10-17-5-9-23(22(26)11-17)33-14-16-3-7-20(8-4-16)29(31)32/h2-12H,14H2,1H3,(H,28,30)/b18-10+. The van der Waals surface area contributed by atoms with Gasteiger partial charge in [-0.05, 0) is 66.1 Å². The summed E-state index contributed by atoms with van der Waals surface area (Å²) in [6.07, 6.45) is 1.41. The summed E-state index contributed by atoms with van der Waals surface area (Å²) in [5.74, 6) is -0.184. The molecule has 166 valence electrons. The second-order valence-corrected chi connectivity index (χ2v) is 7.80. The van der Waals surface area contributed by atoms with Gasteiger partial charge in [-0.3, -0.25) is 14.9 Å². The number of rotatable bonds is 7. The minimum atomic E-state index is -0.577. The first kappa shape index (κ1) is 23.8. The highest BCUT2D eigenvalue weighted by molar-refractivity contribution is 6.32. The van der Waals surface area contributed by atoms with Crippen LogP contribution in [0.2, 0.25) is 10.0 Å². The summed E-state index contributed by atoms with van der Waals surface area (Å²) in [6.45, 7) is 2.01. The smallest absolute Gasteiger partial charge is 0.269 e. The number of nitrogens with one attached hydrogen (secondary N) is 1. The highest BCUT2D eigenvalue weighted by atomic mass is 35.5. The van der Waals surface area contributed by atoms with E-state index in [2.05, 4.69) is 5.32 Å². The lowest BCUT2D eigenvalue weighted by Crippen LogP contribution is -2.13. The molecule has 0 saturated carbocycles. The van der Waals surface area contributed by atoms with E-state index < -0.39 is 10.8 Å². The van der Waals surface area contributed by atoms with Crippen molar-refractivity contribution in [3.63, 3.8) is 0 Å². The maximum absolute atomic E-state index is 12.5. The molecule has 7 nitrogen and oxygen atoms in total. The average molecular weight is 482 g/mol. The van der Waals surface area contributed by atoms with Crippen LogP contribution in [0.4, 0.5) is 11.4 Å². The van der Waals surface area contributed by atoms with E-state index in [0.29, 0.717) is 22.0 Å². The average Bonchev–Trinajstić information content (AvgIpc) is 2.79. The molecule has 3 aromatic carbocycles. The molecule has 0 aliphatic rings. The van der Waals surface area contributed by atoms with Crippen LogP contribution in [0.15, 0.2) is 66.2 Å². The topological polar surface area (TPSA) is 105 Å². The van der Waals surface area contributed by atoms with Gasteiger partial charge in [-0.25, -0.2) is 0 Å². The number of amides is 1. The van der Waals surface area contributed by atoms with E-state index in [9.17, 15) is 20.2 Å². The van der Waals surface area contributed by atoms with Crippen LogP contribution in [0.25, 0.3) is 6.08 Å². The van der Waals surface area contributed by atoms with Gasteiger partial charge in [0.25, 0.3) is 11.6 Å². The number of hydrogen-bond donors (Lipinski definition) is 1. The van der Waals surface area contributed by atoms with E-state index in [4.69, 9.17) is 27.9 Å². The van der Waals surface area contributed by atoms with E-state index in [0.717, 1.165) is 11.1 Å². The lowest BCUT2D eigenvalue weighted by molar-refractivity contribution is -0.384.